The fourth-order valence-electron chi connectivity index (χ4n) is 3.50. The first-order valence-corrected chi connectivity index (χ1v) is 9.18. The van der Waals surface area contributed by atoms with Gasteiger partial charge in [0.2, 0.25) is 0 Å². The van der Waals surface area contributed by atoms with Crippen molar-refractivity contribution in [3.63, 3.8) is 0 Å². The number of amides is 1. The minimum absolute atomic E-state index is 0.0290. The van der Waals surface area contributed by atoms with Crippen LogP contribution in [0.5, 0.6) is 0 Å². The number of hydrogen-bond donors (Lipinski definition) is 0. The molecule has 0 N–H and O–H groups in total. The van der Waals surface area contributed by atoms with Crippen molar-refractivity contribution in [2.24, 2.45) is 0 Å². The second kappa shape index (κ2) is 6.96. The van der Waals surface area contributed by atoms with E-state index in [0.29, 0.717) is 10.6 Å². The third kappa shape index (κ3) is 3.25. The Bertz CT molecular complexity index is 932. The Balaban J connectivity index is 1.58. The van der Waals surface area contributed by atoms with E-state index in [9.17, 15) is 4.79 Å². The number of aryl methyl sites for hydroxylation is 1. The van der Waals surface area contributed by atoms with Crippen molar-refractivity contribution < 1.29 is 4.79 Å². The van der Waals surface area contributed by atoms with Gasteiger partial charge in [-0.2, -0.15) is 5.10 Å². The largest absolute Gasteiger partial charge is 0.332 e. The molecule has 0 spiro atoms. The molecule has 2 heterocycles. The first kappa shape index (κ1) is 16.9. The van der Waals surface area contributed by atoms with Gasteiger partial charge in [0.15, 0.2) is 0 Å². The van der Waals surface area contributed by atoms with Crippen LogP contribution in [0.25, 0.3) is 5.69 Å². The highest BCUT2D eigenvalue weighted by atomic mass is 35.5. The summed E-state index contributed by atoms with van der Waals surface area (Å²) in [6.07, 6.45) is 5.43. The van der Waals surface area contributed by atoms with E-state index in [1.807, 2.05) is 29.2 Å². The molecule has 5 heteroatoms. The Labute approximate surface area is 158 Å². The van der Waals surface area contributed by atoms with Crippen molar-refractivity contribution in [3.8, 4) is 5.69 Å². The number of aromatic nitrogens is 2. The number of likely N-dealkylation sites (tertiary alicyclic amines) is 1. The minimum Gasteiger partial charge on any atom is -0.332 e. The van der Waals surface area contributed by atoms with Gasteiger partial charge in [-0.25, -0.2) is 4.68 Å². The van der Waals surface area contributed by atoms with Gasteiger partial charge in [-0.3, -0.25) is 4.79 Å². The second-order valence-corrected chi connectivity index (χ2v) is 7.16. The number of halogens is 1. The summed E-state index contributed by atoms with van der Waals surface area (Å²) in [5.74, 6) is 0.0290. The summed E-state index contributed by atoms with van der Waals surface area (Å²) in [6.45, 7) is 2.85. The molecule has 0 bridgehead atoms. The van der Waals surface area contributed by atoms with Crippen molar-refractivity contribution in [3.05, 3.63) is 82.6 Å². The van der Waals surface area contributed by atoms with Crippen LogP contribution < -0.4 is 0 Å². The Morgan fingerprint density at radius 3 is 2.77 bits per heavy atom. The van der Waals surface area contributed by atoms with Crippen LogP contribution in [0.2, 0.25) is 5.02 Å². The van der Waals surface area contributed by atoms with Gasteiger partial charge in [-0.15, -0.1) is 0 Å². The first-order valence-electron chi connectivity index (χ1n) is 8.80. The lowest BCUT2D eigenvalue weighted by atomic mass is 10.0. The second-order valence-electron chi connectivity index (χ2n) is 6.72. The molecular formula is C21H20ClN3O. The molecule has 1 aromatic heterocycles. The molecule has 2 aromatic carbocycles. The first-order chi connectivity index (χ1) is 12.6. The summed E-state index contributed by atoms with van der Waals surface area (Å²) in [5, 5.41) is 4.98. The Kier molecular flexibility index (Phi) is 4.51. The summed E-state index contributed by atoms with van der Waals surface area (Å²) in [7, 11) is 0. The van der Waals surface area contributed by atoms with Crippen LogP contribution in [-0.4, -0.2) is 27.1 Å². The molecule has 1 fully saturated rings. The van der Waals surface area contributed by atoms with Crippen LogP contribution in [0.15, 0.2) is 60.9 Å². The summed E-state index contributed by atoms with van der Waals surface area (Å²) in [5.41, 5.74) is 3.87. The van der Waals surface area contributed by atoms with Crippen molar-refractivity contribution in [2.75, 3.05) is 6.54 Å². The van der Waals surface area contributed by atoms with Crippen molar-refractivity contribution in [2.45, 2.75) is 25.8 Å². The standard InChI is InChI=1S/C21H20ClN3O/c1-15-7-9-16(10-8-15)20-6-3-11-24(20)21(26)17-13-23-25(14-17)19-5-2-4-18(22)12-19/h2,4-5,7-10,12-14,20H,3,6,11H2,1H3. The summed E-state index contributed by atoms with van der Waals surface area (Å²) in [4.78, 5) is 15.0. The monoisotopic (exact) mass is 365 g/mol. The third-order valence-corrected chi connectivity index (χ3v) is 5.11. The van der Waals surface area contributed by atoms with Crippen LogP contribution in [-0.2, 0) is 0 Å². The van der Waals surface area contributed by atoms with Crippen molar-refractivity contribution >= 4 is 17.5 Å². The zero-order valence-electron chi connectivity index (χ0n) is 14.6. The highest BCUT2D eigenvalue weighted by molar-refractivity contribution is 6.30. The lowest BCUT2D eigenvalue weighted by Gasteiger charge is -2.24. The Hall–Kier alpha value is -2.59. The Morgan fingerprint density at radius 2 is 2.00 bits per heavy atom. The van der Waals surface area contributed by atoms with Gasteiger partial charge in [-0.05, 0) is 43.5 Å². The smallest absolute Gasteiger partial charge is 0.257 e. The molecule has 1 unspecified atom stereocenters. The fourth-order valence-corrected chi connectivity index (χ4v) is 3.69. The van der Waals surface area contributed by atoms with E-state index in [2.05, 4.69) is 36.3 Å². The summed E-state index contributed by atoms with van der Waals surface area (Å²) in [6, 6.07) is 16.0. The average molecular weight is 366 g/mol. The minimum atomic E-state index is 0.0290. The van der Waals surface area contributed by atoms with E-state index in [-0.39, 0.29) is 11.9 Å². The van der Waals surface area contributed by atoms with Crippen LogP contribution in [0.4, 0.5) is 0 Å². The molecule has 0 radical (unpaired) electrons. The normalized spacial score (nSPS) is 16.8. The molecule has 4 nitrogen and oxygen atoms in total. The lowest BCUT2D eigenvalue weighted by Crippen LogP contribution is -2.30. The molecule has 1 aliphatic rings. The maximum absolute atomic E-state index is 13.1. The van der Waals surface area contributed by atoms with Crippen LogP contribution in [0.1, 0.15) is 40.4 Å². The molecule has 26 heavy (non-hydrogen) atoms. The lowest BCUT2D eigenvalue weighted by molar-refractivity contribution is 0.0735. The van der Waals surface area contributed by atoms with E-state index in [1.165, 1.54) is 11.1 Å². The SMILES string of the molecule is Cc1ccc(C2CCCN2C(=O)c2cnn(-c3cccc(Cl)c3)c2)cc1. The number of carbonyl (C=O) groups is 1. The van der Waals surface area contributed by atoms with E-state index in [1.54, 1.807) is 17.1 Å². The van der Waals surface area contributed by atoms with Crippen molar-refractivity contribution in [1.29, 1.82) is 0 Å². The summed E-state index contributed by atoms with van der Waals surface area (Å²) < 4.78 is 1.69. The molecule has 3 aromatic rings. The molecule has 1 saturated heterocycles. The van der Waals surface area contributed by atoms with E-state index >= 15 is 0 Å². The van der Waals surface area contributed by atoms with E-state index in [0.717, 1.165) is 25.1 Å². The topological polar surface area (TPSA) is 38.1 Å². The predicted octanol–water partition coefficient (Wildman–Crippen LogP) is 4.81. The quantitative estimate of drug-likeness (QED) is 0.668. The predicted molar refractivity (Wildman–Crippen MR) is 103 cm³/mol. The third-order valence-electron chi connectivity index (χ3n) is 4.88. The zero-order chi connectivity index (χ0) is 18.1. The number of hydrogen-bond acceptors (Lipinski definition) is 2. The van der Waals surface area contributed by atoms with Gasteiger partial charge >= 0.3 is 0 Å². The van der Waals surface area contributed by atoms with Gasteiger partial charge in [0, 0.05) is 17.8 Å². The molecule has 1 aliphatic heterocycles. The Morgan fingerprint density at radius 1 is 1.19 bits per heavy atom. The van der Waals surface area contributed by atoms with E-state index in [4.69, 9.17) is 11.6 Å². The molecule has 1 atom stereocenters. The highest BCUT2D eigenvalue weighted by Gasteiger charge is 2.31. The molecule has 0 saturated carbocycles. The molecule has 4 rings (SSSR count). The van der Waals surface area contributed by atoms with Gasteiger partial charge in [0.25, 0.3) is 5.91 Å². The highest BCUT2D eigenvalue weighted by Crippen LogP contribution is 2.33. The van der Waals surface area contributed by atoms with Gasteiger partial charge in [0.1, 0.15) is 0 Å². The number of carbonyl (C=O) groups excluding carboxylic acids is 1. The van der Waals surface area contributed by atoms with E-state index < -0.39 is 0 Å². The van der Waals surface area contributed by atoms with Crippen LogP contribution >= 0.6 is 11.6 Å². The summed E-state index contributed by atoms with van der Waals surface area (Å²) >= 11 is 6.05. The number of benzene rings is 2. The molecular weight excluding hydrogens is 346 g/mol. The van der Waals surface area contributed by atoms with Gasteiger partial charge in [0.05, 0.1) is 23.5 Å². The van der Waals surface area contributed by atoms with Crippen LogP contribution in [0, 0.1) is 6.92 Å². The van der Waals surface area contributed by atoms with Gasteiger partial charge in [-0.1, -0.05) is 47.5 Å². The number of nitrogens with zero attached hydrogens (tertiary/aromatic N) is 3. The van der Waals surface area contributed by atoms with Crippen molar-refractivity contribution in [1.82, 2.24) is 14.7 Å². The molecule has 132 valence electrons. The maximum Gasteiger partial charge on any atom is 0.257 e. The van der Waals surface area contributed by atoms with Crippen LogP contribution in [0.3, 0.4) is 0 Å². The van der Waals surface area contributed by atoms with Gasteiger partial charge < -0.3 is 4.90 Å². The molecule has 0 aliphatic carbocycles. The zero-order valence-corrected chi connectivity index (χ0v) is 15.4. The average Bonchev–Trinajstić information content (AvgIpc) is 3.32. The fraction of sp³-hybridized carbons (Fsp3) is 0.238. The number of rotatable bonds is 3. The molecule has 1 amide bonds. The maximum atomic E-state index is 13.1.